The molecule has 0 spiro atoms. The van der Waals surface area contributed by atoms with Gasteiger partial charge in [0.2, 0.25) is 5.91 Å². The summed E-state index contributed by atoms with van der Waals surface area (Å²) in [7, 11) is 1.46. The van der Waals surface area contributed by atoms with E-state index in [1.54, 1.807) is 17.0 Å². The first-order chi connectivity index (χ1) is 12.0. The van der Waals surface area contributed by atoms with Gasteiger partial charge in [-0.2, -0.15) is 0 Å². The molecule has 1 amide bonds. The number of aliphatic hydroxyl groups excluding tert-OH is 1. The monoisotopic (exact) mass is 347 g/mol. The molecule has 0 saturated carbocycles. The number of amides is 1. The first kappa shape index (κ1) is 17.4. The van der Waals surface area contributed by atoms with Crippen molar-refractivity contribution in [1.29, 1.82) is 0 Å². The summed E-state index contributed by atoms with van der Waals surface area (Å²) in [6.45, 7) is 0.193. The van der Waals surface area contributed by atoms with Crippen LogP contribution in [0.5, 0.6) is 5.75 Å². The van der Waals surface area contributed by atoms with Crippen molar-refractivity contribution in [3.8, 4) is 5.75 Å². The zero-order valence-corrected chi connectivity index (χ0v) is 13.8. The van der Waals surface area contributed by atoms with E-state index in [2.05, 4.69) is 0 Å². The fourth-order valence-corrected chi connectivity index (χ4v) is 3.24. The van der Waals surface area contributed by atoms with Gasteiger partial charge in [0.25, 0.3) is 0 Å². The quantitative estimate of drug-likeness (QED) is 0.925. The highest BCUT2D eigenvalue weighted by atomic mass is 19.1. The van der Waals surface area contributed by atoms with Gasteiger partial charge in [0.1, 0.15) is 17.4 Å². The smallest absolute Gasteiger partial charge is 0.227 e. The first-order valence-electron chi connectivity index (χ1n) is 8.03. The maximum Gasteiger partial charge on any atom is 0.227 e. The normalized spacial score (nSPS) is 19.9. The van der Waals surface area contributed by atoms with Crippen molar-refractivity contribution in [2.24, 2.45) is 0 Å². The molecule has 0 aromatic heterocycles. The number of benzene rings is 2. The Morgan fingerprint density at radius 1 is 1.20 bits per heavy atom. The van der Waals surface area contributed by atoms with Crippen LogP contribution in [0, 0.1) is 11.6 Å². The second-order valence-electron chi connectivity index (χ2n) is 6.14. The number of carbonyl (C=O) groups excluding carboxylic acids is 1. The zero-order chi connectivity index (χ0) is 18.0. The summed E-state index contributed by atoms with van der Waals surface area (Å²) < 4.78 is 31.8. The molecule has 1 saturated heterocycles. The molecule has 3 rings (SSSR count). The third kappa shape index (κ3) is 3.79. The summed E-state index contributed by atoms with van der Waals surface area (Å²) in [6.07, 6.45) is -0.295. The highest BCUT2D eigenvalue weighted by molar-refractivity contribution is 5.80. The molecule has 2 aromatic rings. The average Bonchev–Trinajstić information content (AvgIpc) is 2.98. The largest absolute Gasteiger partial charge is 0.496 e. The molecule has 1 fully saturated rings. The van der Waals surface area contributed by atoms with Crippen molar-refractivity contribution in [3.63, 3.8) is 0 Å². The van der Waals surface area contributed by atoms with Gasteiger partial charge in [-0.3, -0.25) is 4.79 Å². The van der Waals surface area contributed by atoms with E-state index in [9.17, 15) is 18.7 Å². The molecule has 2 aromatic carbocycles. The molecule has 0 bridgehead atoms. The summed E-state index contributed by atoms with van der Waals surface area (Å²) in [6, 6.07) is 9.58. The molecule has 1 heterocycles. The van der Waals surface area contributed by atoms with Crippen LogP contribution in [0.1, 0.15) is 23.6 Å². The van der Waals surface area contributed by atoms with Gasteiger partial charge < -0.3 is 14.7 Å². The van der Waals surface area contributed by atoms with Gasteiger partial charge in [-0.05, 0) is 42.3 Å². The third-order valence-corrected chi connectivity index (χ3v) is 4.44. The maximum atomic E-state index is 13.5. The second-order valence-corrected chi connectivity index (χ2v) is 6.14. The molecular formula is C19H19F2NO3. The fraction of sp³-hybridized carbons (Fsp3) is 0.316. The minimum absolute atomic E-state index is 0.0364. The molecular weight excluding hydrogens is 328 g/mol. The highest BCUT2D eigenvalue weighted by Gasteiger charge is 2.35. The minimum Gasteiger partial charge on any atom is -0.496 e. The van der Waals surface area contributed by atoms with Gasteiger partial charge in [0.15, 0.2) is 0 Å². The van der Waals surface area contributed by atoms with Gasteiger partial charge in [0.05, 0.1) is 25.7 Å². The Morgan fingerprint density at radius 2 is 1.88 bits per heavy atom. The second kappa shape index (κ2) is 7.19. The fourth-order valence-electron chi connectivity index (χ4n) is 3.24. The van der Waals surface area contributed by atoms with Crippen molar-refractivity contribution in [2.45, 2.75) is 25.0 Å². The van der Waals surface area contributed by atoms with Crippen LogP contribution in [0.4, 0.5) is 8.78 Å². The van der Waals surface area contributed by atoms with E-state index >= 15 is 0 Å². The summed E-state index contributed by atoms with van der Waals surface area (Å²) >= 11 is 0. The summed E-state index contributed by atoms with van der Waals surface area (Å²) in [5, 5.41) is 9.99. The number of halogens is 2. The van der Waals surface area contributed by atoms with E-state index in [-0.39, 0.29) is 30.7 Å². The van der Waals surface area contributed by atoms with Crippen LogP contribution in [0.15, 0.2) is 42.5 Å². The molecule has 2 atom stereocenters. The number of likely N-dealkylation sites (tertiary alicyclic amines) is 1. The SMILES string of the molecule is COc1ccc(F)cc1CC(=O)N1C[C@@H](O)C[C@@H]1c1ccc(F)cc1. The average molecular weight is 347 g/mol. The lowest BCUT2D eigenvalue weighted by Gasteiger charge is -2.25. The van der Waals surface area contributed by atoms with Crippen LogP contribution < -0.4 is 4.74 Å². The molecule has 4 nitrogen and oxygen atoms in total. The zero-order valence-electron chi connectivity index (χ0n) is 13.8. The van der Waals surface area contributed by atoms with Crippen molar-refractivity contribution in [3.05, 3.63) is 65.2 Å². The van der Waals surface area contributed by atoms with Crippen molar-refractivity contribution in [1.82, 2.24) is 4.90 Å². The van der Waals surface area contributed by atoms with E-state index in [0.29, 0.717) is 17.7 Å². The van der Waals surface area contributed by atoms with Gasteiger partial charge in [-0.1, -0.05) is 12.1 Å². The number of nitrogens with zero attached hydrogens (tertiary/aromatic N) is 1. The molecule has 0 unspecified atom stereocenters. The van der Waals surface area contributed by atoms with Crippen LogP contribution in [0.25, 0.3) is 0 Å². The van der Waals surface area contributed by atoms with E-state index in [1.807, 2.05) is 0 Å². The molecule has 132 valence electrons. The predicted octanol–water partition coefficient (Wildman–Crippen LogP) is 2.85. The first-order valence-corrected chi connectivity index (χ1v) is 8.03. The molecule has 1 N–H and O–H groups in total. The summed E-state index contributed by atoms with van der Waals surface area (Å²) in [5.74, 6) is -0.604. The number of methoxy groups -OCH3 is 1. The topological polar surface area (TPSA) is 49.8 Å². The lowest BCUT2D eigenvalue weighted by molar-refractivity contribution is -0.131. The summed E-state index contributed by atoms with van der Waals surface area (Å²) in [4.78, 5) is 14.3. The Hall–Kier alpha value is -2.47. The Kier molecular flexibility index (Phi) is 4.99. The van der Waals surface area contributed by atoms with Gasteiger partial charge in [0, 0.05) is 12.1 Å². The molecule has 1 aliphatic heterocycles. The Labute approximate surface area is 144 Å². The number of hydrogen-bond donors (Lipinski definition) is 1. The highest BCUT2D eigenvalue weighted by Crippen LogP contribution is 2.33. The molecule has 0 radical (unpaired) electrons. The van der Waals surface area contributed by atoms with Crippen LogP contribution in [0.3, 0.4) is 0 Å². The Morgan fingerprint density at radius 3 is 2.56 bits per heavy atom. The van der Waals surface area contributed by atoms with Crippen molar-refractivity contribution < 1.29 is 23.4 Å². The molecule has 1 aliphatic rings. The third-order valence-electron chi connectivity index (χ3n) is 4.44. The molecule has 25 heavy (non-hydrogen) atoms. The van der Waals surface area contributed by atoms with Gasteiger partial charge in [-0.25, -0.2) is 8.78 Å². The minimum atomic E-state index is -0.645. The van der Waals surface area contributed by atoms with Crippen LogP contribution in [0.2, 0.25) is 0 Å². The van der Waals surface area contributed by atoms with Gasteiger partial charge in [-0.15, -0.1) is 0 Å². The number of hydrogen-bond acceptors (Lipinski definition) is 3. The van der Waals surface area contributed by atoms with E-state index < -0.39 is 11.9 Å². The maximum absolute atomic E-state index is 13.5. The standard InChI is InChI=1S/C19H19F2NO3/c1-25-18-7-6-15(21)8-13(18)9-19(24)22-11-16(23)10-17(22)12-2-4-14(20)5-3-12/h2-8,16-17,23H,9-11H2,1H3/t16-,17+/m0/s1. The number of carbonyl (C=O) groups is 1. The lowest BCUT2D eigenvalue weighted by atomic mass is 10.0. The van der Waals surface area contributed by atoms with Crippen molar-refractivity contribution >= 4 is 5.91 Å². The predicted molar refractivity (Wildman–Crippen MR) is 88.1 cm³/mol. The van der Waals surface area contributed by atoms with Crippen molar-refractivity contribution in [2.75, 3.05) is 13.7 Å². The van der Waals surface area contributed by atoms with E-state index in [1.165, 1.54) is 37.4 Å². The number of aliphatic hydroxyl groups is 1. The van der Waals surface area contributed by atoms with E-state index in [4.69, 9.17) is 4.74 Å². The lowest BCUT2D eigenvalue weighted by Crippen LogP contribution is -2.33. The molecule has 6 heteroatoms. The number of ether oxygens (including phenoxy) is 1. The van der Waals surface area contributed by atoms with Crippen LogP contribution in [-0.2, 0) is 11.2 Å². The number of β-amino-alcohol motifs (C(OH)–C–C–N with tert-alkyl or cyclic N) is 1. The Balaban J connectivity index is 1.82. The summed E-state index contributed by atoms with van der Waals surface area (Å²) in [5.41, 5.74) is 1.21. The Bertz CT molecular complexity index is 764. The van der Waals surface area contributed by atoms with E-state index in [0.717, 1.165) is 5.56 Å². The van der Waals surface area contributed by atoms with Crippen LogP contribution >= 0.6 is 0 Å². The van der Waals surface area contributed by atoms with Crippen LogP contribution in [-0.4, -0.2) is 35.7 Å². The number of rotatable bonds is 4. The van der Waals surface area contributed by atoms with Gasteiger partial charge >= 0.3 is 0 Å². The molecule has 0 aliphatic carbocycles.